The summed E-state index contributed by atoms with van der Waals surface area (Å²) in [6.07, 6.45) is 0. The van der Waals surface area contributed by atoms with E-state index in [0.29, 0.717) is 10.0 Å². The third-order valence-corrected chi connectivity index (χ3v) is 7.43. The molecular formula is C20H24BrN4O4P. The molecule has 160 valence electrons. The van der Waals surface area contributed by atoms with Gasteiger partial charge in [0.25, 0.3) is 5.91 Å². The van der Waals surface area contributed by atoms with Gasteiger partial charge in [0.15, 0.2) is 11.5 Å². The summed E-state index contributed by atoms with van der Waals surface area (Å²) in [4.78, 5) is 12.9. The van der Waals surface area contributed by atoms with E-state index in [-0.39, 0.29) is 18.9 Å². The van der Waals surface area contributed by atoms with Crippen molar-refractivity contribution < 1.29 is 18.4 Å². The maximum Gasteiger partial charge on any atom is 0.353 e. The van der Waals surface area contributed by atoms with Gasteiger partial charge < -0.3 is 9.05 Å². The molecule has 0 spiro atoms. The third kappa shape index (κ3) is 4.66. The van der Waals surface area contributed by atoms with Gasteiger partial charge in [0.2, 0.25) is 0 Å². The molecule has 0 aliphatic carbocycles. The van der Waals surface area contributed by atoms with Crippen LogP contribution in [0.1, 0.15) is 35.7 Å². The number of aromatic nitrogens is 2. The van der Waals surface area contributed by atoms with Crippen molar-refractivity contribution in [1.29, 1.82) is 0 Å². The van der Waals surface area contributed by atoms with Crippen LogP contribution in [-0.2, 0) is 20.7 Å². The lowest BCUT2D eigenvalue weighted by molar-refractivity contribution is 0.0923. The highest BCUT2D eigenvalue weighted by atomic mass is 79.9. The second-order valence-electron chi connectivity index (χ2n) is 6.39. The van der Waals surface area contributed by atoms with Crippen LogP contribution in [0.25, 0.3) is 10.9 Å². The van der Waals surface area contributed by atoms with E-state index in [9.17, 15) is 9.36 Å². The zero-order valence-corrected chi connectivity index (χ0v) is 19.4. The number of nitrogens with one attached hydrogen (secondary N) is 2. The van der Waals surface area contributed by atoms with Crippen LogP contribution in [0.5, 0.6) is 0 Å². The van der Waals surface area contributed by atoms with Gasteiger partial charge in [-0.15, -0.1) is 0 Å². The average molecular weight is 495 g/mol. The summed E-state index contributed by atoms with van der Waals surface area (Å²) in [7, 11) is -1.88. The van der Waals surface area contributed by atoms with E-state index >= 15 is 0 Å². The molecular weight excluding hydrogens is 471 g/mol. The minimum atomic E-state index is -3.65. The van der Waals surface area contributed by atoms with Gasteiger partial charge in [0, 0.05) is 16.9 Å². The topological polar surface area (TPSA) is 94.5 Å². The number of hydrazine groups is 1. The second-order valence-corrected chi connectivity index (χ2v) is 9.35. The van der Waals surface area contributed by atoms with Gasteiger partial charge in [0.05, 0.1) is 18.7 Å². The fourth-order valence-corrected chi connectivity index (χ4v) is 5.72. The number of nitrogens with zero attached hydrogens (tertiary/aromatic N) is 2. The smallest absolute Gasteiger partial charge is 0.307 e. The lowest BCUT2D eigenvalue weighted by Gasteiger charge is -2.28. The van der Waals surface area contributed by atoms with Gasteiger partial charge in [-0.2, -0.15) is 5.10 Å². The summed E-state index contributed by atoms with van der Waals surface area (Å²) >= 11 is 3.48. The molecule has 0 radical (unpaired) electrons. The molecule has 0 saturated carbocycles. The van der Waals surface area contributed by atoms with Gasteiger partial charge in [-0.3, -0.25) is 19.5 Å². The number of fused-ring (bicyclic) bond motifs is 1. The highest BCUT2D eigenvalue weighted by Gasteiger charge is 2.38. The highest BCUT2D eigenvalue weighted by Crippen LogP contribution is 2.60. The molecule has 0 bridgehead atoms. The summed E-state index contributed by atoms with van der Waals surface area (Å²) in [6, 6.07) is 14.7. The molecule has 0 fully saturated rings. The summed E-state index contributed by atoms with van der Waals surface area (Å²) in [5.74, 6) is -1.38. The van der Waals surface area contributed by atoms with Crippen LogP contribution in [0.4, 0.5) is 0 Å². The van der Waals surface area contributed by atoms with Crippen molar-refractivity contribution in [1.82, 2.24) is 20.6 Å². The van der Waals surface area contributed by atoms with Crippen LogP contribution < -0.4 is 10.9 Å². The zero-order chi connectivity index (χ0) is 21.7. The SMILES string of the molecule is CCOP(=O)(OCC)C(NNC(=O)c1nn(C)c2ccccc12)c1ccccc1Br. The van der Waals surface area contributed by atoms with Gasteiger partial charge in [-0.25, -0.2) is 5.43 Å². The quantitative estimate of drug-likeness (QED) is 0.335. The Morgan fingerprint density at radius 3 is 2.43 bits per heavy atom. The van der Waals surface area contributed by atoms with Gasteiger partial charge in [-0.1, -0.05) is 52.3 Å². The van der Waals surface area contributed by atoms with E-state index in [4.69, 9.17) is 9.05 Å². The number of amides is 1. The van der Waals surface area contributed by atoms with Crippen LogP contribution in [0.15, 0.2) is 53.0 Å². The van der Waals surface area contributed by atoms with Crippen molar-refractivity contribution in [3.8, 4) is 0 Å². The van der Waals surface area contributed by atoms with E-state index in [0.717, 1.165) is 10.9 Å². The van der Waals surface area contributed by atoms with Gasteiger partial charge >= 0.3 is 7.60 Å². The van der Waals surface area contributed by atoms with E-state index in [1.54, 1.807) is 31.6 Å². The van der Waals surface area contributed by atoms with Crippen molar-refractivity contribution in [3.05, 3.63) is 64.3 Å². The summed E-state index contributed by atoms with van der Waals surface area (Å²) in [5.41, 5.74) is 7.23. The molecule has 3 rings (SSSR count). The van der Waals surface area contributed by atoms with Crippen LogP contribution in [0.2, 0.25) is 0 Å². The number of benzene rings is 2. The Hall–Kier alpha value is -2.03. The number of halogens is 1. The molecule has 30 heavy (non-hydrogen) atoms. The van der Waals surface area contributed by atoms with Crippen molar-refractivity contribution in [2.45, 2.75) is 19.6 Å². The number of rotatable bonds is 9. The Morgan fingerprint density at radius 1 is 1.13 bits per heavy atom. The number of hydrogen-bond donors (Lipinski definition) is 2. The molecule has 3 aromatic rings. The molecule has 8 nitrogen and oxygen atoms in total. The molecule has 0 aliphatic rings. The maximum absolute atomic E-state index is 13.5. The number of hydrogen-bond acceptors (Lipinski definition) is 6. The number of para-hydroxylation sites is 1. The van der Waals surface area contributed by atoms with E-state index in [2.05, 4.69) is 31.9 Å². The highest BCUT2D eigenvalue weighted by molar-refractivity contribution is 9.10. The van der Waals surface area contributed by atoms with Gasteiger partial charge in [-0.05, 0) is 31.5 Å². The van der Waals surface area contributed by atoms with Crippen LogP contribution in [-0.4, -0.2) is 28.9 Å². The molecule has 0 saturated heterocycles. The Bertz CT molecular complexity index is 1080. The third-order valence-electron chi connectivity index (χ3n) is 4.43. The molecule has 1 unspecified atom stereocenters. The molecule has 1 atom stereocenters. The normalized spacial score (nSPS) is 12.8. The summed E-state index contributed by atoms with van der Waals surface area (Å²) in [6.45, 7) is 3.86. The predicted octanol–water partition coefficient (Wildman–Crippen LogP) is 4.54. The Balaban J connectivity index is 1.92. The van der Waals surface area contributed by atoms with Crippen LogP contribution in [0.3, 0.4) is 0 Å². The first-order chi connectivity index (χ1) is 14.4. The zero-order valence-electron chi connectivity index (χ0n) is 17.0. The minimum absolute atomic E-state index is 0.193. The Kier molecular flexibility index (Phi) is 7.44. The molecule has 1 amide bonds. The summed E-state index contributed by atoms with van der Waals surface area (Å²) in [5, 5.41) is 5.03. The minimum Gasteiger partial charge on any atom is -0.307 e. The van der Waals surface area contributed by atoms with Crippen molar-refractivity contribution in [2.24, 2.45) is 7.05 Å². The largest absolute Gasteiger partial charge is 0.353 e. The van der Waals surface area contributed by atoms with Crippen molar-refractivity contribution >= 4 is 40.3 Å². The van der Waals surface area contributed by atoms with Gasteiger partial charge in [0.1, 0.15) is 0 Å². The Morgan fingerprint density at radius 2 is 1.77 bits per heavy atom. The molecule has 2 aromatic carbocycles. The van der Waals surface area contributed by atoms with Crippen LogP contribution in [0, 0.1) is 0 Å². The first-order valence-corrected chi connectivity index (χ1v) is 11.9. The monoisotopic (exact) mass is 494 g/mol. The maximum atomic E-state index is 13.5. The lowest BCUT2D eigenvalue weighted by Crippen LogP contribution is -2.41. The first kappa shape index (κ1) is 22.7. The van der Waals surface area contributed by atoms with Crippen molar-refractivity contribution in [3.63, 3.8) is 0 Å². The summed E-state index contributed by atoms with van der Waals surface area (Å²) < 4.78 is 26.9. The fourth-order valence-electron chi connectivity index (χ4n) is 3.14. The van der Waals surface area contributed by atoms with E-state index < -0.39 is 19.3 Å². The number of aryl methyl sites for hydroxylation is 1. The first-order valence-electron chi connectivity index (χ1n) is 9.52. The van der Waals surface area contributed by atoms with E-state index in [1.807, 2.05) is 42.5 Å². The van der Waals surface area contributed by atoms with Crippen LogP contribution >= 0.6 is 23.5 Å². The predicted molar refractivity (Wildman–Crippen MR) is 119 cm³/mol. The molecule has 1 aromatic heterocycles. The standard InChI is InChI=1S/C20H24BrN4O4P/c1-4-28-30(27,29-5-2)20(14-10-6-8-12-16(14)21)23-22-19(26)18-15-11-7-9-13-17(15)25(3)24-18/h6-13,20,23H,4-5H2,1-3H3,(H,22,26). The number of carbonyl (C=O) groups is 1. The van der Waals surface area contributed by atoms with E-state index in [1.165, 1.54) is 0 Å². The second kappa shape index (κ2) is 9.85. The average Bonchev–Trinajstić information content (AvgIpc) is 3.07. The molecule has 0 aliphatic heterocycles. The molecule has 1 heterocycles. The lowest BCUT2D eigenvalue weighted by atomic mass is 10.2. The van der Waals surface area contributed by atoms with Crippen molar-refractivity contribution in [2.75, 3.05) is 13.2 Å². The fraction of sp³-hybridized carbons (Fsp3) is 0.300. The Labute approximate surface area is 183 Å². The molecule has 10 heteroatoms. The number of carbonyl (C=O) groups excluding carboxylic acids is 1. The molecule has 2 N–H and O–H groups in total.